The minimum absolute atomic E-state index is 0.107. The topological polar surface area (TPSA) is 58.6 Å². The SMILES string of the molecule is CC(C)NC(COc1ccccc1)(C(=O)O)C1CC1. The lowest BCUT2D eigenvalue weighted by atomic mass is 9.93. The van der Waals surface area contributed by atoms with Crippen molar-refractivity contribution in [3.05, 3.63) is 30.3 Å². The van der Waals surface area contributed by atoms with Crippen molar-refractivity contribution < 1.29 is 14.6 Å². The van der Waals surface area contributed by atoms with E-state index in [2.05, 4.69) is 5.32 Å². The van der Waals surface area contributed by atoms with Crippen LogP contribution in [0, 0.1) is 5.92 Å². The predicted molar refractivity (Wildman–Crippen MR) is 73.3 cm³/mol. The van der Waals surface area contributed by atoms with Gasteiger partial charge in [-0.05, 0) is 44.7 Å². The summed E-state index contributed by atoms with van der Waals surface area (Å²) >= 11 is 0. The van der Waals surface area contributed by atoms with Crippen molar-refractivity contribution in [3.8, 4) is 5.75 Å². The van der Waals surface area contributed by atoms with E-state index in [1.807, 2.05) is 44.2 Å². The first-order valence-corrected chi connectivity index (χ1v) is 6.73. The third kappa shape index (κ3) is 3.26. The van der Waals surface area contributed by atoms with Gasteiger partial charge in [-0.25, -0.2) is 0 Å². The van der Waals surface area contributed by atoms with Crippen molar-refractivity contribution in [1.82, 2.24) is 5.32 Å². The van der Waals surface area contributed by atoms with Crippen LogP contribution in [0.1, 0.15) is 26.7 Å². The summed E-state index contributed by atoms with van der Waals surface area (Å²) in [6.07, 6.45) is 1.90. The number of aliphatic carboxylic acids is 1. The molecule has 1 aromatic rings. The standard InChI is InChI=1S/C15H21NO3/c1-11(2)16-15(14(17)18,12-8-9-12)10-19-13-6-4-3-5-7-13/h3-7,11-12,16H,8-10H2,1-2H3,(H,17,18). The van der Waals surface area contributed by atoms with E-state index in [0.29, 0.717) is 5.75 Å². The fourth-order valence-electron chi connectivity index (χ4n) is 2.38. The Kier molecular flexibility index (Phi) is 4.10. The monoisotopic (exact) mass is 263 g/mol. The first kappa shape index (κ1) is 13.9. The van der Waals surface area contributed by atoms with Gasteiger partial charge in [0.2, 0.25) is 0 Å². The number of carbonyl (C=O) groups is 1. The molecule has 0 spiro atoms. The lowest BCUT2D eigenvalue weighted by Gasteiger charge is -2.32. The van der Waals surface area contributed by atoms with Gasteiger partial charge in [-0.1, -0.05) is 18.2 Å². The summed E-state index contributed by atoms with van der Waals surface area (Å²) in [5.41, 5.74) is -0.968. The van der Waals surface area contributed by atoms with Crippen LogP contribution >= 0.6 is 0 Å². The second-order valence-corrected chi connectivity index (χ2v) is 5.45. The normalized spacial score (nSPS) is 18.1. The minimum Gasteiger partial charge on any atom is -0.491 e. The fraction of sp³-hybridized carbons (Fsp3) is 0.533. The Morgan fingerprint density at radius 3 is 2.53 bits per heavy atom. The Bertz CT molecular complexity index is 428. The molecule has 4 heteroatoms. The van der Waals surface area contributed by atoms with E-state index in [9.17, 15) is 9.90 Å². The molecule has 0 radical (unpaired) electrons. The summed E-state index contributed by atoms with van der Waals surface area (Å²) in [4.78, 5) is 11.7. The van der Waals surface area contributed by atoms with Crippen LogP contribution in [0.3, 0.4) is 0 Å². The molecule has 2 N–H and O–H groups in total. The van der Waals surface area contributed by atoms with E-state index in [1.54, 1.807) is 0 Å². The number of rotatable bonds is 7. The number of benzene rings is 1. The number of carboxylic acid groups (broad SMARTS) is 1. The Balaban J connectivity index is 2.11. The molecule has 0 heterocycles. The van der Waals surface area contributed by atoms with Gasteiger partial charge >= 0.3 is 5.97 Å². The molecule has 0 aromatic heterocycles. The maximum absolute atomic E-state index is 11.7. The van der Waals surface area contributed by atoms with Crippen LogP contribution in [0.5, 0.6) is 5.75 Å². The van der Waals surface area contributed by atoms with E-state index in [4.69, 9.17) is 4.74 Å². The molecule has 1 aromatic carbocycles. The highest BCUT2D eigenvalue weighted by atomic mass is 16.5. The molecule has 4 nitrogen and oxygen atoms in total. The maximum Gasteiger partial charge on any atom is 0.327 e. The quantitative estimate of drug-likeness (QED) is 0.792. The zero-order valence-electron chi connectivity index (χ0n) is 11.4. The summed E-state index contributed by atoms with van der Waals surface area (Å²) in [5.74, 6) is 0.0510. The lowest BCUT2D eigenvalue weighted by Crippen LogP contribution is -2.60. The van der Waals surface area contributed by atoms with E-state index in [1.165, 1.54) is 0 Å². The van der Waals surface area contributed by atoms with Crippen LogP contribution in [0.25, 0.3) is 0 Å². The molecule has 1 aliphatic carbocycles. The van der Waals surface area contributed by atoms with Crippen molar-refractivity contribution in [2.24, 2.45) is 5.92 Å². The highest BCUT2D eigenvalue weighted by Crippen LogP contribution is 2.40. The predicted octanol–water partition coefficient (Wildman–Crippen LogP) is 2.30. The maximum atomic E-state index is 11.7. The largest absolute Gasteiger partial charge is 0.491 e. The molecular formula is C15H21NO3. The number of carboxylic acids is 1. The van der Waals surface area contributed by atoms with Crippen molar-refractivity contribution >= 4 is 5.97 Å². The summed E-state index contributed by atoms with van der Waals surface area (Å²) < 4.78 is 5.69. The van der Waals surface area contributed by atoms with Crippen molar-refractivity contribution in [1.29, 1.82) is 0 Å². The summed E-state index contributed by atoms with van der Waals surface area (Å²) in [6, 6.07) is 9.46. The minimum atomic E-state index is -0.968. The van der Waals surface area contributed by atoms with Gasteiger partial charge in [-0.3, -0.25) is 10.1 Å². The first-order valence-electron chi connectivity index (χ1n) is 6.73. The van der Waals surface area contributed by atoms with Gasteiger partial charge in [0.05, 0.1) is 0 Å². The second-order valence-electron chi connectivity index (χ2n) is 5.45. The van der Waals surface area contributed by atoms with Crippen molar-refractivity contribution in [3.63, 3.8) is 0 Å². The highest BCUT2D eigenvalue weighted by Gasteiger charge is 2.52. The highest BCUT2D eigenvalue weighted by molar-refractivity contribution is 5.80. The Morgan fingerprint density at radius 2 is 2.05 bits per heavy atom. The molecule has 0 bridgehead atoms. The van der Waals surface area contributed by atoms with E-state index >= 15 is 0 Å². The Hall–Kier alpha value is -1.55. The second kappa shape index (κ2) is 5.61. The van der Waals surface area contributed by atoms with E-state index in [0.717, 1.165) is 12.8 Å². The van der Waals surface area contributed by atoms with Gasteiger partial charge in [-0.15, -0.1) is 0 Å². The number of hydrogen-bond donors (Lipinski definition) is 2. The molecule has 0 saturated heterocycles. The molecule has 0 aliphatic heterocycles. The zero-order valence-corrected chi connectivity index (χ0v) is 11.4. The van der Waals surface area contributed by atoms with Gasteiger partial charge in [0, 0.05) is 6.04 Å². The molecule has 104 valence electrons. The van der Waals surface area contributed by atoms with Crippen LogP contribution in [0.15, 0.2) is 30.3 Å². The molecule has 19 heavy (non-hydrogen) atoms. The molecule has 0 amide bonds. The van der Waals surface area contributed by atoms with Crippen molar-refractivity contribution in [2.45, 2.75) is 38.3 Å². The smallest absolute Gasteiger partial charge is 0.327 e. The Labute approximate surface area is 113 Å². The lowest BCUT2D eigenvalue weighted by molar-refractivity contribution is -0.148. The van der Waals surface area contributed by atoms with Crippen LogP contribution in [0.2, 0.25) is 0 Å². The van der Waals surface area contributed by atoms with Gasteiger partial charge in [0.1, 0.15) is 12.4 Å². The average Bonchev–Trinajstić information content (AvgIpc) is 3.19. The van der Waals surface area contributed by atoms with Crippen LogP contribution in [0.4, 0.5) is 0 Å². The average molecular weight is 263 g/mol. The number of nitrogens with one attached hydrogen (secondary N) is 1. The summed E-state index contributed by atoms with van der Waals surface area (Å²) in [6.45, 7) is 4.08. The van der Waals surface area contributed by atoms with E-state index in [-0.39, 0.29) is 18.6 Å². The number of ether oxygens (including phenoxy) is 1. The van der Waals surface area contributed by atoms with Crippen molar-refractivity contribution in [2.75, 3.05) is 6.61 Å². The number of para-hydroxylation sites is 1. The molecular weight excluding hydrogens is 242 g/mol. The molecule has 1 saturated carbocycles. The summed E-state index contributed by atoms with van der Waals surface area (Å²) in [7, 11) is 0. The first-order chi connectivity index (χ1) is 9.04. The summed E-state index contributed by atoms with van der Waals surface area (Å²) in [5, 5.41) is 12.8. The van der Waals surface area contributed by atoms with Gasteiger partial charge in [0.25, 0.3) is 0 Å². The van der Waals surface area contributed by atoms with Gasteiger partial charge in [0.15, 0.2) is 5.54 Å². The number of hydrogen-bond acceptors (Lipinski definition) is 3. The molecule has 1 aliphatic rings. The third-order valence-electron chi connectivity index (χ3n) is 3.41. The molecule has 1 unspecified atom stereocenters. The van der Waals surface area contributed by atoms with Crippen LogP contribution in [-0.2, 0) is 4.79 Å². The molecule has 1 fully saturated rings. The van der Waals surface area contributed by atoms with Crippen LogP contribution < -0.4 is 10.1 Å². The zero-order chi connectivity index (χ0) is 13.9. The molecule has 1 atom stereocenters. The molecule has 2 rings (SSSR count). The van der Waals surface area contributed by atoms with Crippen LogP contribution in [-0.4, -0.2) is 29.3 Å². The fourth-order valence-corrected chi connectivity index (χ4v) is 2.38. The van der Waals surface area contributed by atoms with E-state index < -0.39 is 11.5 Å². The van der Waals surface area contributed by atoms with Gasteiger partial charge < -0.3 is 9.84 Å². The van der Waals surface area contributed by atoms with Gasteiger partial charge in [-0.2, -0.15) is 0 Å². The Morgan fingerprint density at radius 1 is 1.42 bits per heavy atom. The third-order valence-corrected chi connectivity index (χ3v) is 3.41.